The number of carbonyl (C=O) groups is 1. The molecule has 1 aromatic carbocycles. The maximum Gasteiger partial charge on any atom is 0.277 e. The summed E-state index contributed by atoms with van der Waals surface area (Å²) in [5, 5.41) is 11.4. The van der Waals surface area contributed by atoms with Crippen molar-refractivity contribution < 1.29 is 24.3 Å². The Labute approximate surface area is 173 Å². The van der Waals surface area contributed by atoms with Crippen LogP contribution in [0.1, 0.15) is 56.6 Å². The summed E-state index contributed by atoms with van der Waals surface area (Å²) >= 11 is 0. The van der Waals surface area contributed by atoms with E-state index in [1.165, 1.54) is 4.90 Å². The van der Waals surface area contributed by atoms with Crippen LogP contribution in [-0.4, -0.2) is 61.9 Å². The zero-order chi connectivity index (χ0) is 20.4. The molecule has 1 aliphatic carbocycles. The van der Waals surface area contributed by atoms with Crippen LogP contribution in [0.15, 0.2) is 18.2 Å². The number of methoxy groups -OCH3 is 2. The van der Waals surface area contributed by atoms with E-state index >= 15 is 0 Å². The summed E-state index contributed by atoms with van der Waals surface area (Å²) < 4.78 is 11.0. The largest absolute Gasteiger partial charge is 0.493 e. The number of amides is 1. The van der Waals surface area contributed by atoms with Crippen molar-refractivity contribution in [1.82, 2.24) is 4.90 Å². The first-order valence-corrected chi connectivity index (χ1v) is 11.1. The van der Waals surface area contributed by atoms with Crippen LogP contribution in [0.3, 0.4) is 0 Å². The summed E-state index contributed by atoms with van der Waals surface area (Å²) in [7, 11) is 3.30. The highest BCUT2D eigenvalue weighted by molar-refractivity contribution is 5.77. The van der Waals surface area contributed by atoms with E-state index in [2.05, 4.69) is 6.07 Å². The zero-order valence-corrected chi connectivity index (χ0v) is 17.8. The highest BCUT2D eigenvalue weighted by Gasteiger charge is 2.52. The highest BCUT2D eigenvalue weighted by atomic mass is 16.5. The Hall–Kier alpha value is -1.79. The number of quaternary nitrogens is 1. The second-order valence-electron chi connectivity index (χ2n) is 8.97. The number of hydrogen-bond acceptors (Lipinski definition) is 4. The molecule has 4 atom stereocenters. The Morgan fingerprint density at radius 1 is 1.14 bits per heavy atom. The van der Waals surface area contributed by atoms with Crippen LogP contribution in [-0.2, 0) is 4.79 Å². The van der Waals surface area contributed by atoms with Crippen molar-refractivity contribution in [3.63, 3.8) is 0 Å². The second-order valence-corrected chi connectivity index (χ2v) is 8.97. The topological polar surface area (TPSA) is 63.4 Å². The molecule has 29 heavy (non-hydrogen) atoms. The molecule has 1 saturated carbocycles. The van der Waals surface area contributed by atoms with E-state index in [0.29, 0.717) is 18.0 Å². The normalized spacial score (nSPS) is 32.0. The van der Waals surface area contributed by atoms with Crippen molar-refractivity contribution in [1.29, 1.82) is 0 Å². The Balaban J connectivity index is 1.65. The third kappa shape index (κ3) is 3.97. The number of nitrogens with one attached hydrogen (secondary N) is 1. The molecule has 1 unspecified atom stereocenters. The van der Waals surface area contributed by atoms with Gasteiger partial charge in [-0.3, -0.25) is 4.79 Å². The number of fused-ring (bicyclic) bond motifs is 1. The monoisotopic (exact) mass is 403 g/mol. The average molecular weight is 404 g/mol. The van der Waals surface area contributed by atoms with Crippen molar-refractivity contribution in [3.05, 3.63) is 23.8 Å². The first-order chi connectivity index (χ1) is 14.1. The van der Waals surface area contributed by atoms with Gasteiger partial charge >= 0.3 is 0 Å². The summed E-state index contributed by atoms with van der Waals surface area (Å²) in [6.45, 7) is 3.11. The molecule has 2 N–H and O–H groups in total. The molecule has 2 heterocycles. The molecule has 4 rings (SSSR count). The van der Waals surface area contributed by atoms with Gasteiger partial charge in [0, 0.05) is 31.0 Å². The van der Waals surface area contributed by atoms with Gasteiger partial charge in [0.25, 0.3) is 5.91 Å². The van der Waals surface area contributed by atoms with Crippen molar-refractivity contribution in [2.75, 3.05) is 40.4 Å². The molecule has 1 amide bonds. The number of likely N-dealkylation sites (tertiary alicyclic amines) is 2. The van der Waals surface area contributed by atoms with Crippen molar-refractivity contribution in [2.24, 2.45) is 5.92 Å². The summed E-state index contributed by atoms with van der Waals surface area (Å²) in [5.41, 5.74) is 0.521. The van der Waals surface area contributed by atoms with E-state index in [1.807, 2.05) is 17.0 Å². The number of ether oxygens (including phenoxy) is 2. The van der Waals surface area contributed by atoms with Crippen LogP contribution < -0.4 is 14.4 Å². The molecule has 0 aromatic heterocycles. The lowest BCUT2D eigenvalue weighted by Crippen LogP contribution is -3.16. The van der Waals surface area contributed by atoms with Crippen LogP contribution >= 0.6 is 0 Å². The minimum absolute atomic E-state index is 0.0976. The maximum absolute atomic E-state index is 13.0. The van der Waals surface area contributed by atoms with Gasteiger partial charge in [0.05, 0.1) is 26.4 Å². The predicted molar refractivity (Wildman–Crippen MR) is 110 cm³/mol. The molecule has 3 fully saturated rings. The summed E-state index contributed by atoms with van der Waals surface area (Å²) in [6, 6.07) is 6.18. The Morgan fingerprint density at radius 2 is 1.90 bits per heavy atom. The minimum atomic E-state index is -0.615. The molecule has 0 radical (unpaired) electrons. The number of piperidine rings is 1. The van der Waals surface area contributed by atoms with Crippen LogP contribution in [0, 0.1) is 5.92 Å². The SMILES string of the molecule is COc1ccc([C@H]2[C@@H]3CCCC[C@]3(O)CC[NH+]2CC(=O)N2CCCC2)cc1OC. The lowest BCUT2D eigenvalue weighted by atomic mass is 9.66. The summed E-state index contributed by atoms with van der Waals surface area (Å²) in [5.74, 6) is 1.84. The highest BCUT2D eigenvalue weighted by Crippen LogP contribution is 2.45. The van der Waals surface area contributed by atoms with Gasteiger partial charge in [-0.05, 0) is 43.9 Å². The van der Waals surface area contributed by atoms with Crippen molar-refractivity contribution in [3.8, 4) is 11.5 Å². The van der Waals surface area contributed by atoms with Crippen LogP contribution in [0.5, 0.6) is 11.5 Å². The quantitative estimate of drug-likeness (QED) is 0.784. The van der Waals surface area contributed by atoms with Crippen LogP contribution in [0.2, 0.25) is 0 Å². The van der Waals surface area contributed by atoms with E-state index in [0.717, 1.165) is 70.1 Å². The molecular weight excluding hydrogens is 368 g/mol. The third-order valence-corrected chi connectivity index (χ3v) is 7.39. The average Bonchev–Trinajstić information content (AvgIpc) is 3.28. The number of rotatable bonds is 5. The third-order valence-electron chi connectivity index (χ3n) is 7.39. The Morgan fingerprint density at radius 3 is 2.62 bits per heavy atom. The second kappa shape index (κ2) is 8.52. The first-order valence-electron chi connectivity index (χ1n) is 11.1. The number of aliphatic hydroxyl groups is 1. The Bertz CT molecular complexity index is 734. The van der Waals surface area contributed by atoms with Gasteiger partial charge < -0.3 is 24.4 Å². The molecule has 6 nitrogen and oxygen atoms in total. The van der Waals surface area contributed by atoms with Gasteiger partial charge in [-0.2, -0.15) is 0 Å². The molecule has 3 aliphatic rings. The van der Waals surface area contributed by atoms with Gasteiger partial charge in [-0.25, -0.2) is 0 Å². The predicted octanol–water partition coefficient (Wildman–Crippen LogP) is 1.58. The van der Waals surface area contributed by atoms with Crippen LogP contribution in [0.25, 0.3) is 0 Å². The lowest BCUT2D eigenvalue weighted by molar-refractivity contribution is -0.938. The lowest BCUT2D eigenvalue weighted by Gasteiger charge is -2.50. The van der Waals surface area contributed by atoms with E-state index in [-0.39, 0.29) is 17.9 Å². The smallest absolute Gasteiger partial charge is 0.277 e. The molecule has 160 valence electrons. The zero-order valence-electron chi connectivity index (χ0n) is 17.8. The number of carbonyl (C=O) groups excluding carboxylic acids is 1. The summed E-state index contributed by atoms with van der Waals surface area (Å²) in [6.07, 6.45) is 7.12. The molecule has 0 spiro atoms. The maximum atomic E-state index is 13.0. The molecule has 0 bridgehead atoms. The van der Waals surface area contributed by atoms with Gasteiger partial charge in [0.2, 0.25) is 0 Å². The molecular formula is C23H35N2O4+. The van der Waals surface area contributed by atoms with Gasteiger partial charge in [-0.1, -0.05) is 12.8 Å². The van der Waals surface area contributed by atoms with E-state index in [1.54, 1.807) is 14.2 Å². The molecule has 6 heteroatoms. The molecule has 1 aromatic rings. The van der Waals surface area contributed by atoms with Crippen molar-refractivity contribution >= 4 is 5.91 Å². The minimum Gasteiger partial charge on any atom is -0.493 e. The fourth-order valence-electron chi connectivity index (χ4n) is 5.84. The number of hydrogen-bond donors (Lipinski definition) is 2. The van der Waals surface area contributed by atoms with Crippen LogP contribution in [0.4, 0.5) is 0 Å². The Kier molecular flexibility index (Phi) is 6.02. The van der Waals surface area contributed by atoms with Crippen molar-refractivity contribution in [2.45, 2.75) is 56.6 Å². The van der Waals surface area contributed by atoms with Gasteiger partial charge in [0.1, 0.15) is 6.04 Å². The number of benzene rings is 1. The van der Waals surface area contributed by atoms with Gasteiger partial charge in [-0.15, -0.1) is 0 Å². The standard InChI is InChI=1S/C23H34N2O4/c1-28-19-9-8-17(15-20(19)29-2)22-18-7-3-4-10-23(18,27)11-14-25(22)16-21(26)24-12-5-6-13-24/h8-9,15,18,22,27H,3-7,10-14,16H2,1-2H3/p+1/t18-,22-,23-/m0/s1. The van der Waals surface area contributed by atoms with E-state index in [4.69, 9.17) is 9.47 Å². The fourth-order valence-corrected chi connectivity index (χ4v) is 5.84. The van der Waals surface area contributed by atoms with E-state index < -0.39 is 5.60 Å². The number of nitrogens with zero attached hydrogens (tertiary/aromatic N) is 1. The van der Waals surface area contributed by atoms with Gasteiger partial charge in [0.15, 0.2) is 18.0 Å². The summed E-state index contributed by atoms with van der Waals surface area (Å²) in [4.78, 5) is 16.2. The van der Waals surface area contributed by atoms with E-state index in [9.17, 15) is 9.90 Å². The molecule has 2 aliphatic heterocycles. The molecule has 2 saturated heterocycles. The fraction of sp³-hybridized carbons (Fsp3) is 0.696. The first kappa shape index (κ1) is 20.5.